The first kappa shape index (κ1) is 17.3. The fourth-order valence-corrected chi connectivity index (χ4v) is 2.63. The van der Waals surface area contributed by atoms with Crippen molar-refractivity contribution in [2.24, 2.45) is 0 Å². The molecular formula is C18H15Cl2N3O2. The minimum absolute atomic E-state index is 0.337. The van der Waals surface area contributed by atoms with E-state index >= 15 is 0 Å². The zero-order chi connectivity index (χ0) is 17.8. The van der Waals surface area contributed by atoms with E-state index in [2.05, 4.69) is 10.4 Å². The molecule has 2 aromatic carbocycles. The molecule has 0 radical (unpaired) electrons. The number of rotatable bonds is 5. The van der Waals surface area contributed by atoms with E-state index in [9.17, 15) is 4.79 Å². The van der Waals surface area contributed by atoms with Gasteiger partial charge < -0.3 is 10.1 Å². The fraction of sp³-hybridized carbons (Fsp3) is 0.111. The highest BCUT2D eigenvalue weighted by Crippen LogP contribution is 2.23. The van der Waals surface area contributed by atoms with Gasteiger partial charge in [-0.15, -0.1) is 0 Å². The Morgan fingerprint density at radius 1 is 1.12 bits per heavy atom. The van der Waals surface area contributed by atoms with Crippen LogP contribution in [0, 0.1) is 0 Å². The van der Waals surface area contributed by atoms with Crippen molar-refractivity contribution in [2.75, 3.05) is 12.4 Å². The minimum Gasteiger partial charge on any atom is -0.496 e. The average Bonchev–Trinajstić information content (AvgIpc) is 3.03. The molecule has 1 heterocycles. The van der Waals surface area contributed by atoms with Crippen LogP contribution in [0.5, 0.6) is 5.75 Å². The van der Waals surface area contributed by atoms with Crippen LogP contribution in [0.25, 0.3) is 0 Å². The van der Waals surface area contributed by atoms with Gasteiger partial charge in [0.05, 0.1) is 19.2 Å². The van der Waals surface area contributed by atoms with Gasteiger partial charge in [-0.2, -0.15) is 5.10 Å². The number of carbonyl (C=O) groups is 1. The molecule has 1 aromatic heterocycles. The van der Waals surface area contributed by atoms with Gasteiger partial charge in [-0.25, -0.2) is 0 Å². The van der Waals surface area contributed by atoms with E-state index in [0.717, 1.165) is 5.56 Å². The zero-order valence-electron chi connectivity index (χ0n) is 13.4. The number of benzene rings is 2. The van der Waals surface area contributed by atoms with Gasteiger partial charge in [0.25, 0.3) is 5.91 Å². The van der Waals surface area contributed by atoms with E-state index in [0.29, 0.717) is 33.7 Å². The molecule has 0 aliphatic rings. The number of nitrogens with one attached hydrogen (secondary N) is 1. The van der Waals surface area contributed by atoms with Gasteiger partial charge in [-0.3, -0.25) is 9.48 Å². The lowest BCUT2D eigenvalue weighted by Crippen LogP contribution is -2.14. The Hall–Kier alpha value is -2.50. The number of amides is 1. The summed E-state index contributed by atoms with van der Waals surface area (Å²) in [4.78, 5) is 12.4. The number of aromatic nitrogens is 2. The maximum atomic E-state index is 12.4. The second-order valence-electron chi connectivity index (χ2n) is 5.32. The highest BCUT2D eigenvalue weighted by molar-refractivity contribution is 6.31. The standard InChI is InChI=1S/C18H15Cl2N3O2/c1-25-16-7-6-14(20)10-15(16)18(24)21-17-8-9-23(22-17)11-12-2-4-13(19)5-3-12/h2-10H,11H2,1H3,(H,21,22,24). The summed E-state index contributed by atoms with van der Waals surface area (Å²) in [7, 11) is 1.50. The van der Waals surface area contributed by atoms with Crippen LogP contribution in [0.4, 0.5) is 5.82 Å². The number of halogens is 2. The Kier molecular flexibility index (Phi) is 5.26. The molecule has 0 aliphatic carbocycles. The predicted octanol–water partition coefficient (Wildman–Crippen LogP) is 4.50. The molecule has 0 atom stereocenters. The van der Waals surface area contributed by atoms with E-state index in [1.165, 1.54) is 7.11 Å². The van der Waals surface area contributed by atoms with Crippen LogP contribution in [0.15, 0.2) is 54.7 Å². The Morgan fingerprint density at radius 2 is 1.84 bits per heavy atom. The SMILES string of the molecule is COc1ccc(Cl)cc1C(=O)Nc1ccn(Cc2ccc(Cl)cc2)n1. The Balaban J connectivity index is 1.72. The molecule has 0 saturated carbocycles. The van der Waals surface area contributed by atoms with Crippen LogP contribution in [-0.2, 0) is 6.54 Å². The zero-order valence-corrected chi connectivity index (χ0v) is 14.9. The normalized spacial score (nSPS) is 10.5. The van der Waals surface area contributed by atoms with Gasteiger partial charge in [-0.05, 0) is 35.9 Å². The van der Waals surface area contributed by atoms with Crippen LogP contribution >= 0.6 is 23.2 Å². The largest absolute Gasteiger partial charge is 0.496 e. The van der Waals surface area contributed by atoms with Crippen LogP contribution in [-0.4, -0.2) is 22.8 Å². The Bertz CT molecular complexity index is 892. The molecule has 1 N–H and O–H groups in total. The van der Waals surface area contributed by atoms with Crippen LogP contribution < -0.4 is 10.1 Å². The third kappa shape index (κ3) is 4.32. The van der Waals surface area contributed by atoms with Crippen molar-refractivity contribution in [1.82, 2.24) is 9.78 Å². The van der Waals surface area contributed by atoms with Crippen LogP contribution in [0.1, 0.15) is 15.9 Å². The van der Waals surface area contributed by atoms with Crippen molar-refractivity contribution in [3.8, 4) is 5.75 Å². The summed E-state index contributed by atoms with van der Waals surface area (Å²) < 4.78 is 6.93. The lowest BCUT2D eigenvalue weighted by atomic mass is 10.2. The predicted molar refractivity (Wildman–Crippen MR) is 98.7 cm³/mol. The maximum Gasteiger partial charge on any atom is 0.260 e. The number of anilines is 1. The third-order valence-corrected chi connectivity index (χ3v) is 4.03. The Labute approximate surface area is 155 Å². The molecule has 3 aromatic rings. The maximum absolute atomic E-state index is 12.4. The molecule has 0 bridgehead atoms. The quantitative estimate of drug-likeness (QED) is 0.714. The van der Waals surface area contributed by atoms with Crippen molar-refractivity contribution in [3.63, 3.8) is 0 Å². The molecule has 0 unspecified atom stereocenters. The van der Waals surface area contributed by atoms with Crippen molar-refractivity contribution in [1.29, 1.82) is 0 Å². The second-order valence-corrected chi connectivity index (χ2v) is 6.20. The molecule has 25 heavy (non-hydrogen) atoms. The van der Waals surface area contributed by atoms with Gasteiger partial charge in [0.15, 0.2) is 5.82 Å². The first-order chi connectivity index (χ1) is 12.0. The van der Waals surface area contributed by atoms with Crippen molar-refractivity contribution in [3.05, 3.63) is 75.9 Å². The number of ether oxygens (including phenoxy) is 1. The average molecular weight is 376 g/mol. The van der Waals surface area contributed by atoms with Crippen molar-refractivity contribution < 1.29 is 9.53 Å². The molecule has 7 heteroatoms. The van der Waals surface area contributed by atoms with Crippen LogP contribution in [0.3, 0.4) is 0 Å². The topological polar surface area (TPSA) is 56.1 Å². The lowest BCUT2D eigenvalue weighted by Gasteiger charge is -2.08. The summed E-state index contributed by atoms with van der Waals surface area (Å²) in [6.45, 7) is 0.577. The lowest BCUT2D eigenvalue weighted by molar-refractivity contribution is 0.102. The molecule has 3 rings (SSSR count). The van der Waals surface area contributed by atoms with E-state index in [-0.39, 0.29) is 5.91 Å². The molecule has 0 spiro atoms. The summed E-state index contributed by atoms with van der Waals surface area (Å²) in [5, 5.41) is 8.24. The minimum atomic E-state index is -0.337. The molecule has 1 amide bonds. The summed E-state index contributed by atoms with van der Waals surface area (Å²) in [5.41, 5.74) is 1.41. The van der Waals surface area contributed by atoms with E-state index in [4.69, 9.17) is 27.9 Å². The monoisotopic (exact) mass is 375 g/mol. The van der Waals surface area contributed by atoms with E-state index in [1.54, 1.807) is 35.1 Å². The number of nitrogens with zero attached hydrogens (tertiary/aromatic N) is 2. The Morgan fingerprint density at radius 3 is 2.56 bits per heavy atom. The number of hydrogen-bond acceptors (Lipinski definition) is 3. The van der Waals surface area contributed by atoms with Gasteiger partial charge in [0.2, 0.25) is 0 Å². The van der Waals surface area contributed by atoms with Gasteiger partial charge in [-0.1, -0.05) is 35.3 Å². The molecule has 0 aliphatic heterocycles. The first-order valence-electron chi connectivity index (χ1n) is 7.48. The van der Waals surface area contributed by atoms with E-state index < -0.39 is 0 Å². The number of methoxy groups -OCH3 is 1. The molecular weight excluding hydrogens is 361 g/mol. The van der Waals surface area contributed by atoms with Crippen LogP contribution in [0.2, 0.25) is 10.0 Å². The van der Waals surface area contributed by atoms with Gasteiger partial charge in [0.1, 0.15) is 5.75 Å². The second kappa shape index (κ2) is 7.59. The summed E-state index contributed by atoms with van der Waals surface area (Å²) in [6, 6.07) is 14.1. The summed E-state index contributed by atoms with van der Waals surface area (Å²) in [6.07, 6.45) is 1.79. The molecule has 0 fully saturated rings. The van der Waals surface area contributed by atoms with Gasteiger partial charge >= 0.3 is 0 Å². The highest BCUT2D eigenvalue weighted by Gasteiger charge is 2.14. The highest BCUT2D eigenvalue weighted by atomic mass is 35.5. The molecule has 5 nitrogen and oxygen atoms in total. The van der Waals surface area contributed by atoms with Crippen molar-refractivity contribution >= 4 is 34.9 Å². The number of carbonyl (C=O) groups excluding carboxylic acids is 1. The number of hydrogen-bond donors (Lipinski definition) is 1. The fourth-order valence-electron chi connectivity index (χ4n) is 2.33. The molecule has 128 valence electrons. The molecule has 0 saturated heterocycles. The third-order valence-electron chi connectivity index (χ3n) is 3.55. The summed E-state index contributed by atoms with van der Waals surface area (Å²) >= 11 is 11.8. The van der Waals surface area contributed by atoms with Gasteiger partial charge in [0, 0.05) is 22.3 Å². The van der Waals surface area contributed by atoms with E-state index in [1.807, 2.05) is 24.3 Å². The first-order valence-corrected chi connectivity index (χ1v) is 8.23. The summed E-state index contributed by atoms with van der Waals surface area (Å²) in [5.74, 6) is 0.555. The van der Waals surface area contributed by atoms with Crippen molar-refractivity contribution in [2.45, 2.75) is 6.54 Å². The smallest absolute Gasteiger partial charge is 0.260 e.